The Morgan fingerprint density at radius 2 is 2.31 bits per heavy atom. The molecule has 0 atom stereocenters. The van der Waals surface area contributed by atoms with Crippen molar-refractivity contribution < 1.29 is 4.79 Å². The SMILES string of the molecule is CNC(=O)Cc1ccc(Cl)cc1Br. The summed E-state index contributed by atoms with van der Waals surface area (Å²) in [5.41, 5.74) is 0.934. The van der Waals surface area contributed by atoms with Crippen molar-refractivity contribution in [2.24, 2.45) is 0 Å². The van der Waals surface area contributed by atoms with Gasteiger partial charge in [-0.3, -0.25) is 4.79 Å². The molecule has 0 aliphatic heterocycles. The number of carbonyl (C=O) groups is 1. The monoisotopic (exact) mass is 261 g/mol. The lowest BCUT2D eigenvalue weighted by Gasteiger charge is -2.03. The Morgan fingerprint density at radius 3 is 2.85 bits per heavy atom. The van der Waals surface area contributed by atoms with Crippen molar-refractivity contribution >= 4 is 33.4 Å². The third-order valence-electron chi connectivity index (χ3n) is 1.64. The normalized spacial score (nSPS) is 9.77. The van der Waals surface area contributed by atoms with Crippen molar-refractivity contribution in [2.75, 3.05) is 7.05 Å². The first kappa shape index (κ1) is 10.5. The number of rotatable bonds is 2. The van der Waals surface area contributed by atoms with Crippen LogP contribution in [0, 0.1) is 0 Å². The quantitative estimate of drug-likeness (QED) is 0.871. The van der Waals surface area contributed by atoms with Gasteiger partial charge in [0.25, 0.3) is 0 Å². The fourth-order valence-corrected chi connectivity index (χ4v) is 1.75. The van der Waals surface area contributed by atoms with Crippen LogP contribution in [-0.2, 0) is 11.2 Å². The summed E-state index contributed by atoms with van der Waals surface area (Å²) in [6.45, 7) is 0. The van der Waals surface area contributed by atoms with Gasteiger partial charge >= 0.3 is 0 Å². The van der Waals surface area contributed by atoms with Gasteiger partial charge in [-0.05, 0) is 17.7 Å². The molecule has 0 fully saturated rings. The van der Waals surface area contributed by atoms with E-state index in [1.165, 1.54) is 0 Å². The minimum absolute atomic E-state index is 0.0111. The summed E-state index contributed by atoms with van der Waals surface area (Å²) in [4.78, 5) is 11.1. The molecule has 0 aromatic heterocycles. The van der Waals surface area contributed by atoms with Crippen molar-refractivity contribution in [3.8, 4) is 0 Å². The number of nitrogens with one attached hydrogen (secondary N) is 1. The average Bonchev–Trinajstić information content (AvgIpc) is 2.09. The largest absolute Gasteiger partial charge is 0.359 e. The predicted molar refractivity (Wildman–Crippen MR) is 56.9 cm³/mol. The van der Waals surface area contributed by atoms with Gasteiger partial charge in [0.1, 0.15) is 0 Å². The number of likely N-dealkylation sites (N-methyl/N-ethyl adjacent to an activating group) is 1. The molecule has 1 amide bonds. The number of amides is 1. The molecule has 1 N–H and O–H groups in total. The second-order valence-electron chi connectivity index (χ2n) is 2.59. The van der Waals surface area contributed by atoms with Gasteiger partial charge in [-0.2, -0.15) is 0 Å². The van der Waals surface area contributed by atoms with Gasteiger partial charge in [-0.25, -0.2) is 0 Å². The van der Waals surface area contributed by atoms with Crippen molar-refractivity contribution in [3.05, 3.63) is 33.3 Å². The molecule has 2 nitrogen and oxygen atoms in total. The fourth-order valence-electron chi connectivity index (χ4n) is 0.926. The van der Waals surface area contributed by atoms with Gasteiger partial charge in [-0.15, -0.1) is 0 Å². The van der Waals surface area contributed by atoms with Gasteiger partial charge in [0.05, 0.1) is 6.42 Å². The van der Waals surface area contributed by atoms with E-state index in [-0.39, 0.29) is 5.91 Å². The van der Waals surface area contributed by atoms with Crippen molar-refractivity contribution in [2.45, 2.75) is 6.42 Å². The highest BCUT2D eigenvalue weighted by Crippen LogP contribution is 2.21. The van der Waals surface area contributed by atoms with Crippen molar-refractivity contribution in [3.63, 3.8) is 0 Å². The Morgan fingerprint density at radius 1 is 1.62 bits per heavy atom. The highest BCUT2D eigenvalue weighted by atomic mass is 79.9. The molecule has 0 spiro atoms. The van der Waals surface area contributed by atoms with E-state index in [2.05, 4.69) is 21.2 Å². The summed E-state index contributed by atoms with van der Waals surface area (Å²) in [6.07, 6.45) is 0.369. The van der Waals surface area contributed by atoms with E-state index in [0.717, 1.165) is 10.0 Å². The molecule has 0 heterocycles. The van der Waals surface area contributed by atoms with Crippen LogP contribution in [0.2, 0.25) is 5.02 Å². The van der Waals surface area contributed by atoms with Gasteiger partial charge < -0.3 is 5.32 Å². The predicted octanol–water partition coefficient (Wildman–Crippen LogP) is 2.39. The highest BCUT2D eigenvalue weighted by Gasteiger charge is 2.04. The summed E-state index contributed by atoms with van der Waals surface area (Å²) in [5, 5.41) is 3.22. The van der Waals surface area contributed by atoms with E-state index in [1.54, 1.807) is 19.2 Å². The molecule has 1 aromatic rings. The zero-order chi connectivity index (χ0) is 9.84. The van der Waals surface area contributed by atoms with Crippen LogP contribution in [0.4, 0.5) is 0 Å². The number of hydrogen-bond donors (Lipinski definition) is 1. The maximum atomic E-state index is 11.1. The lowest BCUT2D eigenvalue weighted by Crippen LogP contribution is -2.20. The van der Waals surface area contributed by atoms with Crippen LogP contribution in [0.25, 0.3) is 0 Å². The lowest BCUT2D eigenvalue weighted by atomic mass is 10.1. The molecule has 0 saturated heterocycles. The topological polar surface area (TPSA) is 29.1 Å². The van der Waals surface area contributed by atoms with E-state index in [1.807, 2.05) is 6.07 Å². The minimum atomic E-state index is -0.0111. The Balaban J connectivity index is 2.83. The first-order valence-electron chi connectivity index (χ1n) is 3.78. The summed E-state index contributed by atoms with van der Waals surface area (Å²) in [7, 11) is 1.62. The van der Waals surface area contributed by atoms with Crippen molar-refractivity contribution in [1.29, 1.82) is 0 Å². The first-order chi connectivity index (χ1) is 6.13. The second-order valence-corrected chi connectivity index (χ2v) is 3.88. The summed E-state index contributed by atoms with van der Waals surface area (Å²) in [5.74, 6) is -0.0111. The zero-order valence-electron chi connectivity index (χ0n) is 7.10. The second kappa shape index (κ2) is 4.63. The van der Waals surface area contributed by atoms with Crippen LogP contribution in [0.1, 0.15) is 5.56 Å². The molecule has 70 valence electrons. The van der Waals surface area contributed by atoms with Gasteiger partial charge in [-0.1, -0.05) is 33.6 Å². The standard InChI is InChI=1S/C9H9BrClNO/c1-12-9(13)4-6-2-3-7(11)5-8(6)10/h2-3,5H,4H2,1H3,(H,12,13). The molecule has 0 bridgehead atoms. The van der Waals surface area contributed by atoms with Gasteiger partial charge in [0.2, 0.25) is 5.91 Å². The molecule has 0 saturated carbocycles. The third kappa shape index (κ3) is 3.01. The van der Waals surface area contributed by atoms with E-state index >= 15 is 0 Å². The Hall–Kier alpha value is -0.540. The third-order valence-corrected chi connectivity index (χ3v) is 2.62. The number of benzene rings is 1. The van der Waals surface area contributed by atoms with E-state index in [9.17, 15) is 4.79 Å². The molecule has 0 aliphatic rings. The number of hydrogen-bond acceptors (Lipinski definition) is 1. The molecule has 1 rings (SSSR count). The smallest absolute Gasteiger partial charge is 0.224 e. The van der Waals surface area contributed by atoms with E-state index < -0.39 is 0 Å². The fraction of sp³-hybridized carbons (Fsp3) is 0.222. The Kier molecular flexibility index (Phi) is 3.75. The molecule has 1 aromatic carbocycles. The average molecular weight is 263 g/mol. The highest BCUT2D eigenvalue weighted by molar-refractivity contribution is 9.10. The van der Waals surface area contributed by atoms with Crippen molar-refractivity contribution in [1.82, 2.24) is 5.32 Å². The molecule has 0 radical (unpaired) electrons. The molecule has 13 heavy (non-hydrogen) atoms. The van der Waals surface area contributed by atoms with Gasteiger partial charge in [0.15, 0.2) is 0 Å². The lowest BCUT2D eigenvalue weighted by molar-refractivity contribution is -0.119. The first-order valence-corrected chi connectivity index (χ1v) is 4.95. The molecular weight excluding hydrogens is 253 g/mol. The summed E-state index contributed by atoms with van der Waals surface area (Å²) < 4.78 is 0.864. The summed E-state index contributed by atoms with van der Waals surface area (Å²) in [6, 6.07) is 5.38. The van der Waals surface area contributed by atoms with Crippen LogP contribution in [0.3, 0.4) is 0 Å². The van der Waals surface area contributed by atoms with Crippen LogP contribution in [0.15, 0.2) is 22.7 Å². The van der Waals surface area contributed by atoms with Crippen LogP contribution >= 0.6 is 27.5 Å². The van der Waals surface area contributed by atoms with Crippen LogP contribution in [-0.4, -0.2) is 13.0 Å². The maximum Gasteiger partial charge on any atom is 0.224 e. The van der Waals surface area contributed by atoms with Gasteiger partial charge in [0, 0.05) is 16.5 Å². The molecule has 4 heteroatoms. The van der Waals surface area contributed by atoms with E-state index in [4.69, 9.17) is 11.6 Å². The number of carbonyl (C=O) groups excluding carboxylic acids is 1. The maximum absolute atomic E-state index is 11.1. The summed E-state index contributed by atoms with van der Waals surface area (Å²) >= 11 is 9.10. The van der Waals surface area contributed by atoms with E-state index in [0.29, 0.717) is 11.4 Å². The van der Waals surface area contributed by atoms with Crippen LogP contribution in [0.5, 0.6) is 0 Å². The Labute approximate surface area is 90.4 Å². The molecular formula is C9H9BrClNO. The number of halogens is 2. The molecule has 0 aliphatic carbocycles. The Bertz CT molecular complexity index is 327. The zero-order valence-corrected chi connectivity index (χ0v) is 9.45. The molecule has 0 unspecified atom stereocenters. The van der Waals surface area contributed by atoms with Crippen LogP contribution < -0.4 is 5.32 Å². The minimum Gasteiger partial charge on any atom is -0.359 e.